The number of hydrogen-bond donors (Lipinski definition) is 0. The number of allylic oxidation sites excluding steroid dienone is 2. The van der Waals surface area contributed by atoms with Crippen LogP contribution in [-0.2, 0) is 47.6 Å². The molecule has 0 heterocycles. The van der Waals surface area contributed by atoms with Crippen LogP contribution in [0.15, 0.2) is 192 Å². The molecule has 0 spiro atoms. The van der Waals surface area contributed by atoms with Gasteiger partial charge in [0.25, 0.3) is 5.29 Å². The van der Waals surface area contributed by atoms with E-state index in [4.69, 9.17) is 13.0 Å². The zero-order valence-electron chi connectivity index (χ0n) is 30.8. The molecule has 0 atom stereocenters. The van der Waals surface area contributed by atoms with Crippen LogP contribution in [0.25, 0.3) is 16.4 Å². The summed E-state index contributed by atoms with van der Waals surface area (Å²) in [5.74, 6) is 12.0. The SMILES string of the molecule is C1#CC(=[P+](c2ccccc2)c2ccccc2)C#C1.C1=C=[C-]C(P(c2ccccc2)c2ccccc2)=C=1.CS(=O)(=O)[O-].C[N-]c1ccccc1-c1[c-]cccc1.[Fe+2].[Pd+2]. The van der Waals surface area contributed by atoms with E-state index in [1.165, 1.54) is 21.2 Å². The van der Waals surface area contributed by atoms with Gasteiger partial charge in [-0.05, 0) is 54.6 Å². The molecule has 2 aliphatic carbocycles. The van der Waals surface area contributed by atoms with E-state index in [2.05, 4.69) is 161 Å². The van der Waals surface area contributed by atoms with Crippen molar-refractivity contribution < 1.29 is 50.5 Å². The molecule has 0 fully saturated rings. The number of para-hydroxylation sites is 1. The maximum absolute atomic E-state index is 9.08. The molecule has 57 heavy (non-hydrogen) atoms. The maximum atomic E-state index is 9.08. The molecule has 4 nitrogen and oxygen atoms in total. The number of nitrogens with zero attached hydrogens (tertiary/aromatic N) is 1. The Labute approximate surface area is 363 Å². The second-order valence-electron chi connectivity index (χ2n) is 11.4. The second kappa shape index (κ2) is 24.6. The minimum atomic E-state index is -3.92. The molecule has 9 heteroatoms. The van der Waals surface area contributed by atoms with Crippen molar-refractivity contribution in [3.05, 3.63) is 210 Å². The van der Waals surface area contributed by atoms with Crippen LogP contribution in [0.4, 0.5) is 5.69 Å². The molecule has 0 aliphatic heterocycles. The third kappa shape index (κ3) is 15.1. The third-order valence-corrected chi connectivity index (χ3v) is 12.1. The van der Waals surface area contributed by atoms with Crippen molar-refractivity contribution in [1.29, 1.82) is 0 Å². The van der Waals surface area contributed by atoms with Crippen LogP contribution >= 0.6 is 15.5 Å². The summed E-state index contributed by atoms with van der Waals surface area (Å²) in [5, 5.41) is 11.6. The van der Waals surface area contributed by atoms with E-state index in [1.54, 1.807) is 0 Å². The second-order valence-corrected chi connectivity index (χ2v) is 17.1. The molecular formula is C48H34FeNO3P2PdS+. The Morgan fingerprint density at radius 1 is 0.667 bits per heavy atom. The summed E-state index contributed by atoms with van der Waals surface area (Å²) in [6.45, 7) is 0. The molecule has 0 amide bonds. The fraction of sp³-hybridized carbons (Fsp3) is 0.0417. The number of benzene rings is 6. The molecule has 0 bridgehead atoms. The monoisotopic (exact) mass is 928 g/mol. The number of hydrogen-bond acceptors (Lipinski definition) is 3. The van der Waals surface area contributed by atoms with Crippen molar-refractivity contribution >= 4 is 57.8 Å². The molecule has 0 aromatic heterocycles. The number of rotatable bonds is 7. The Morgan fingerprint density at radius 2 is 1.12 bits per heavy atom. The van der Waals surface area contributed by atoms with Gasteiger partial charge in [-0.25, -0.2) is 14.1 Å². The Hall–Kier alpha value is -4.99. The average molecular weight is 929 g/mol. The van der Waals surface area contributed by atoms with Gasteiger partial charge in [-0.3, -0.25) is 11.5 Å². The van der Waals surface area contributed by atoms with Crippen LogP contribution in [0, 0.1) is 35.8 Å². The van der Waals surface area contributed by atoms with Crippen molar-refractivity contribution in [2.75, 3.05) is 13.3 Å². The zero-order valence-corrected chi connectivity index (χ0v) is 36.1. The Bertz CT molecular complexity index is 2510. The van der Waals surface area contributed by atoms with Crippen LogP contribution < -0.4 is 21.2 Å². The summed E-state index contributed by atoms with van der Waals surface area (Å²) >= 11 is 0. The summed E-state index contributed by atoms with van der Waals surface area (Å²) in [6, 6.07) is 61.3. The van der Waals surface area contributed by atoms with Gasteiger partial charge in [-0.15, -0.1) is 54.6 Å². The first-order chi connectivity index (χ1) is 26.8. The standard InChI is InChI=1S/2C17H10P.C13H11N.CH4O3S.Fe.Pd/c2*1-3-9-15(10-4-1)18(17-13-7-8-14-17)16-11-5-2-6-12-16;1-14-13-10-6-5-9-12(13)11-7-3-2-4-8-11;1-5(2,3)4;;/h2*1-6,9-12H;2-7,9-10H,1H3;1H3,(H,2,3,4);;/q-1;+1;-2;;2*+2/p-1. The van der Waals surface area contributed by atoms with Crippen molar-refractivity contribution in [2.45, 2.75) is 0 Å². The zero-order chi connectivity index (χ0) is 38.7. The molecular weight excluding hydrogens is 895 g/mol. The fourth-order valence-electron chi connectivity index (χ4n) is 5.23. The van der Waals surface area contributed by atoms with Gasteiger partial charge in [0.1, 0.15) is 0 Å². The molecule has 0 saturated carbocycles. The molecule has 282 valence electrons. The first kappa shape index (κ1) is 46.4. The van der Waals surface area contributed by atoms with Crippen molar-refractivity contribution in [3.63, 3.8) is 0 Å². The summed E-state index contributed by atoms with van der Waals surface area (Å²) in [5.41, 5.74) is 12.1. The Balaban J connectivity index is 0.000000214. The topological polar surface area (TPSA) is 71.3 Å². The molecule has 0 unspecified atom stereocenters. The molecule has 8 rings (SSSR count). The fourth-order valence-corrected chi connectivity index (χ4v) is 9.41. The van der Waals surface area contributed by atoms with Gasteiger partial charge in [-0.2, -0.15) is 5.69 Å². The molecule has 6 aromatic rings. The predicted molar refractivity (Wildman–Crippen MR) is 231 cm³/mol. The Morgan fingerprint density at radius 3 is 1.56 bits per heavy atom. The van der Waals surface area contributed by atoms with Gasteiger partial charge in [0.2, 0.25) is 0 Å². The van der Waals surface area contributed by atoms with Crippen LogP contribution in [-0.4, -0.2) is 31.6 Å². The van der Waals surface area contributed by atoms with E-state index in [0.717, 1.165) is 27.4 Å². The largest absolute Gasteiger partial charge is 2.00 e. The Kier molecular flexibility index (Phi) is 20.0. The summed E-state index contributed by atoms with van der Waals surface area (Å²) in [6.07, 6.45) is 3.73. The average Bonchev–Trinajstić information content (AvgIpc) is 3.96. The van der Waals surface area contributed by atoms with Crippen LogP contribution in [0.5, 0.6) is 0 Å². The van der Waals surface area contributed by atoms with Gasteiger partial charge in [-0.1, -0.05) is 127 Å². The van der Waals surface area contributed by atoms with Crippen molar-refractivity contribution in [3.8, 4) is 34.8 Å². The van der Waals surface area contributed by atoms with Gasteiger partial charge >= 0.3 is 37.5 Å². The van der Waals surface area contributed by atoms with Gasteiger partial charge in [0.05, 0.1) is 10.1 Å². The van der Waals surface area contributed by atoms with Gasteiger partial charge in [0.15, 0.2) is 18.2 Å². The van der Waals surface area contributed by atoms with Crippen LogP contribution in [0.2, 0.25) is 0 Å². The van der Waals surface area contributed by atoms with E-state index in [0.29, 0.717) is 6.26 Å². The van der Waals surface area contributed by atoms with Crippen molar-refractivity contribution in [2.24, 2.45) is 0 Å². The summed E-state index contributed by atoms with van der Waals surface area (Å²) in [4.78, 5) is 0. The van der Waals surface area contributed by atoms with Gasteiger partial charge in [0, 0.05) is 18.1 Å². The molecule has 0 N–H and O–H groups in total. The molecule has 0 radical (unpaired) electrons. The summed E-state index contributed by atoms with van der Waals surface area (Å²) < 4.78 is 27.2. The van der Waals surface area contributed by atoms with E-state index in [-0.39, 0.29) is 37.5 Å². The van der Waals surface area contributed by atoms with E-state index >= 15 is 0 Å². The minimum Gasteiger partial charge on any atom is -0.748 e. The van der Waals surface area contributed by atoms with E-state index < -0.39 is 25.6 Å². The first-order valence-corrected chi connectivity index (χ1v) is 21.5. The van der Waals surface area contributed by atoms with E-state index in [9.17, 15) is 0 Å². The van der Waals surface area contributed by atoms with E-state index in [1.807, 2.05) is 73.8 Å². The van der Waals surface area contributed by atoms with Crippen molar-refractivity contribution in [1.82, 2.24) is 0 Å². The smallest absolute Gasteiger partial charge is 0.748 e. The third-order valence-electron chi connectivity index (χ3n) is 7.50. The predicted octanol–water partition coefficient (Wildman–Crippen LogP) is 8.54. The quantitative estimate of drug-likeness (QED) is 0.0403. The van der Waals surface area contributed by atoms with Crippen LogP contribution in [0.3, 0.4) is 0 Å². The normalized spacial score (nSPS) is 10.8. The minimum absolute atomic E-state index is 0. The molecule has 2 aliphatic rings. The van der Waals surface area contributed by atoms with Crippen LogP contribution in [0.1, 0.15) is 0 Å². The molecule has 0 saturated heterocycles. The maximum Gasteiger partial charge on any atom is 2.00 e. The first-order valence-electron chi connectivity index (χ1n) is 17.0. The van der Waals surface area contributed by atoms with Gasteiger partial charge < -0.3 is 9.87 Å². The molecule has 6 aromatic carbocycles. The summed E-state index contributed by atoms with van der Waals surface area (Å²) in [7, 11) is -3.27.